The largest absolute Gasteiger partial charge is 0.506 e. The topological polar surface area (TPSA) is 71.5 Å². The lowest BCUT2D eigenvalue weighted by Crippen LogP contribution is -1.94. The van der Waals surface area contributed by atoms with Crippen molar-refractivity contribution in [3.05, 3.63) is 23.0 Å². The molecule has 0 saturated heterocycles. The average Bonchev–Trinajstić information content (AvgIpc) is 2.07. The van der Waals surface area contributed by atoms with E-state index in [4.69, 9.17) is 5.84 Å². The minimum Gasteiger partial charge on any atom is -0.506 e. The summed E-state index contributed by atoms with van der Waals surface area (Å²) in [4.78, 5) is 3.96. The predicted molar refractivity (Wildman–Crippen MR) is 47.2 cm³/mol. The number of nitrogens with zero attached hydrogens (tertiary/aromatic N) is 2. The van der Waals surface area contributed by atoms with E-state index >= 15 is 0 Å². The standard InChI is InChI=1S/C8H11N3O/c1-5-7(4-11-9)3-10-6(2)8(5)12/h3-4,12H,9H2,1-2H3. The van der Waals surface area contributed by atoms with Gasteiger partial charge in [-0.2, -0.15) is 5.10 Å². The maximum atomic E-state index is 9.45. The molecule has 1 aromatic heterocycles. The molecule has 0 fully saturated rings. The van der Waals surface area contributed by atoms with Crippen LogP contribution in [0.15, 0.2) is 11.3 Å². The van der Waals surface area contributed by atoms with Crippen molar-refractivity contribution in [1.82, 2.24) is 4.98 Å². The van der Waals surface area contributed by atoms with Crippen LogP contribution in [-0.4, -0.2) is 16.3 Å². The second kappa shape index (κ2) is 3.21. The second-order valence-corrected chi connectivity index (χ2v) is 2.55. The Labute approximate surface area is 70.7 Å². The quantitative estimate of drug-likeness (QED) is 0.365. The van der Waals surface area contributed by atoms with E-state index in [9.17, 15) is 5.11 Å². The van der Waals surface area contributed by atoms with Crippen LogP contribution in [0.25, 0.3) is 0 Å². The maximum absolute atomic E-state index is 9.45. The van der Waals surface area contributed by atoms with E-state index in [1.807, 2.05) is 0 Å². The lowest BCUT2D eigenvalue weighted by atomic mass is 10.1. The molecule has 12 heavy (non-hydrogen) atoms. The fourth-order valence-corrected chi connectivity index (χ4v) is 0.943. The number of hydrazone groups is 1. The summed E-state index contributed by atoms with van der Waals surface area (Å²) in [6.45, 7) is 3.53. The Morgan fingerprint density at radius 1 is 1.58 bits per heavy atom. The van der Waals surface area contributed by atoms with Crippen molar-refractivity contribution in [2.24, 2.45) is 10.9 Å². The van der Waals surface area contributed by atoms with Gasteiger partial charge in [-0.1, -0.05) is 0 Å². The lowest BCUT2D eigenvalue weighted by Gasteiger charge is -2.03. The van der Waals surface area contributed by atoms with Gasteiger partial charge in [-0.25, -0.2) is 0 Å². The molecule has 3 N–H and O–H groups in total. The molecule has 1 heterocycles. The summed E-state index contributed by atoms with van der Waals surface area (Å²) in [7, 11) is 0. The summed E-state index contributed by atoms with van der Waals surface area (Å²) in [6.07, 6.45) is 3.09. The number of aromatic nitrogens is 1. The molecule has 0 amide bonds. The van der Waals surface area contributed by atoms with Gasteiger partial charge < -0.3 is 10.9 Å². The minimum absolute atomic E-state index is 0.201. The van der Waals surface area contributed by atoms with Crippen LogP contribution in [0.2, 0.25) is 0 Å². The van der Waals surface area contributed by atoms with E-state index in [-0.39, 0.29) is 5.75 Å². The summed E-state index contributed by atoms with van der Waals surface area (Å²) in [5.74, 6) is 5.18. The normalized spacial score (nSPS) is 10.8. The number of aryl methyl sites for hydroxylation is 1. The fraction of sp³-hybridized carbons (Fsp3) is 0.250. The van der Waals surface area contributed by atoms with Crippen molar-refractivity contribution in [1.29, 1.82) is 0 Å². The maximum Gasteiger partial charge on any atom is 0.140 e. The van der Waals surface area contributed by atoms with Gasteiger partial charge in [0.2, 0.25) is 0 Å². The van der Waals surface area contributed by atoms with Crippen LogP contribution < -0.4 is 5.84 Å². The SMILES string of the molecule is Cc1ncc(C=NN)c(C)c1O. The highest BCUT2D eigenvalue weighted by Gasteiger charge is 2.04. The molecule has 0 unspecified atom stereocenters. The van der Waals surface area contributed by atoms with Gasteiger partial charge in [0.25, 0.3) is 0 Å². The molecular weight excluding hydrogens is 154 g/mol. The van der Waals surface area contributed by atoms with Crippen molar-refractivity contribution >= 4 is 6.21 Å². The van der Waals surface area contributed by atoms with Crippen molar-refractivity contribution in [3.8, 4) is 5.75 Å². The molecule has 4 heteroatoms. The molecule has 0 saturated carbocycles. The number of aromatic hydroxyl groups is 1. The molecule has 64 valence electrons. The number of nitrogens with two attached hydrogens (primary N) is 1. The first-order chi connectivity index (χ1) is 5.66. The molecular formula is C8H11N3O. The smallest absolute Gasteiger partial charge is 0.140 e. The molecule has 1 aromatic rings. The van der Waals surface area contributed by atoms with Crippen LogP contribution in [0, 0.1) is 13.8 Å². The number of rotatable bonds is 1. The molecule has 0 spiro atoms. The molecule has 0 aliphatic rings. The second-order valence-electron chi connectivity index (χ2n) is 2.55. The Kier molecular flexibility index (Phi) is 2.28. The summed E-state index contributed by atoms with van der Waals surface area (Å²) in [5.41, 5.74) is 2.10. The van der Waals surface area contributed by atoms with Crippen LogP contribution in [0.3, 0.4) is 0 Å². The van der Waals surface area contributed by atoms with Crippen molar-refractivity contribution in [2.75, 3.05) is 0 Å². The van der Waals surface area contributed by atoms with Gasteiger partial charge in [0.15, 0.2) is 0 Å². The highest BCUT2D eigenvalue weighted by Crippen LogP contribution is 2.20. The molecule has 1 rings (SSSR count). The average molecular weight is 165 g/mol. The van der Waals surface area contributed by atoms with E-state index in [2.05, 4.69) is 10.1 Å². The van der Waals surface area contributed by atoms with Crippen LogP contribution in [-0.2, 0) is 0 Å². The van der Waals surface area contributed by atoms with Crippen molar-refractivity contribution in [2.45, 2.75) is 13.8 Å². The highest BCUT2D eigenvalue weighted by atomic mass is 16.3. The minimum atomic E-state index is 0.201. The van der Waals surface area contributed by atoms with E-state index in [0.717, 1.165) is 11.1 Å². The Bertz CT molecular complexity index is 320. The fourth-order valence-electron chi connectivity index (χ4n) is 0.943. The van der Waals surface area contributed by atoms with Gasteiger partial charge in [0.1, 0.15) is 5.75 Å². The van der Waals surface area contributed by atoms with Gasteiger partial charge in [-0.15, -0.1) is 0 Å². The summed E-state index contributed by atoms with van der Waals surface area (Å²) in [5, 5.41) is 12.8. The number of pyridine rings is 1. The highest BCUT2D eigenvalue weighted by molar-refractivity contribution is 5.82. The van der Waals surface area contributed by atoms with Crippen LogP contribution in [0.5, 0.6) is 5.75 Å². The van der Waals surface area contributed by atoms with Gasteiger partial charge >= 0.3 is 0 Å². The van der Waals surface area contributed by atoms with Crippen molar-refractivity contribution in [3.63, 3.8) is 0 Å². The third-order valence-electron chi connectivity index (χ3n) is 1.74. The molecule has 0 aromatic carbocycles. The van der Waals surface area contributed by atoms with Crippen molar-refractivity contribution < 1.29 is 5.11 Å². The Balaban J connectivity index is 3.26. The Morgan fingerprint density at radius 2 is 2.25 bits per heavy atom. The monoisotopic (exact) mass is 165 g/mol. The Morgan fingerprint density at radius 3 is 2.83 bits per heavy atom. The first-order valence-corrected chi connectivity index (χ1v) is 3.55. The zero-order valence-electron chi connectivity index (χ0n) is 7.07. The van der Waals surface area contributed by atoms with Gasteiger partial charge in [0, 0.05) is 17.3 Å². The first-order valence-electron chi connectivity index (χ1n) is 3.55. The summed E-state index contributed by atoms with van der Waals surface area (Å²) in [6, 6.07) is 0. The van der Waals surface area contributed by atoms with Gasteiger partial charge in [0.05, 0.1) is 11.9 Å². The van der Waals surface area contributed by atoms with Gasteiger partial charge in [-0.05, 0) is 13.8 Å². The predicted octanol–water partition coefficient (Wildman–Crippen LogP) is 0.697. The summed E-state index contributed by atoms with van der Waals surface area (Å²) < 4.78 is 0. The van der Waals surface area contributed by atoms with E-state index in [0.29, 0.717) is 5.69 Å². The van der Waals surface area contributed by atoms with E-state index < -0.39 is 0 Å². The zero-order valence-corrected chi connectivity index (χ0v) is 7.07. The molecule has 0 bridgehead atoms. The number of hydrogen-bond donors (Lipinski definition) is 2. The van der Waals surface area contributed by atoms with E-state index in [1.54, 1.807) is 20.0 Å². The van der Waals surface area contributed by atoms with Gasteiger partial charge in [-0.3, -0.25) is 4.98 Å². The molecule has 4 nitrogen and oxygen atoms in total. The molecule has 0 aliphatic heterocycles. The van der Waals surface area contributed by atoms with Crippen LogP contribution >= 0.6 is 0 Å². The number of hydrogen-bond acceptors (Lipinski definition) is 4. The summed E-state index contributed by atoms with van der Waals surface area (Å²) >= 11 is 0. The molecule has 0 atom stereocenters. The lowest BCUT2D eigenvalue weighted by molar-refractivity contribution is 0.463. The third-order valence-corrected chi connectivity index (χ3v) is 1.74. The zero-order chi connectivity index (χ0) is 9.14. The van der Waals surface area contributed by atoms with Crippen LogP contribution in [0.4, 0.5) is 0 Å². The van der Waals surface area contributed by atoms with Crippen LogP contribution in [0.1, 0.15) is 16.8 Å². The van der Waals surface area contributed by atoms with E-state index in [1.165, 1.54) is 6.21 Å². The molecule has 0 radical (unpaired) electrons. The third kappa shape index (κ3) is 1.37. The Hall–Kier alpha value is -1.58. The molecule has 0 aliphatic carbocycles. The first kappa shape index (κ1) is 8.52.